The van der Waals surface area contributed by atoms with Crippen LogP contribution in [0.4, 0.5) is 0 Å². The highest BCUT2D eigenvalue weighted by molar-refractivity contribution is 8.27. The molecule has 2 heterocycles. The van der Waals surface area contributed by atoms with Crippen LogP contribution >= 0.6 is 35.7 Å². The molecule has 1 saturated heterocycles. The van der Waals surface area contributed by atoms with Crippen molar-refractivity contribution in [3.63, 3.8) is 0 Å². The summed E-state index contributed by atoms with van der Waals surface area (Å²) >= 11 is 7.89. The normalized spacial score (nSPS) is 24.0. The number of allylic oxidation sites excluding steroid dienone is 2. The molecular weight excluding hydrogens is 300 g/mol. The van der Waals surface area contributed by atoms with Crippen LogP contribution < -0.4 is 0 Å². The molecule has 2 aliphatic rings. The molecule has 0 aliphatic carbocycles. The average molecular weight is 314 g/mol. The van der Waals surface area contributed by atoms with E-state index < -0.39 is 0 Å². The number of rotatable bonds is 1. The number of imide groups is 1. The molecule has 0 atom stereocenters. The lowest BCUT2D eigenvalue weighted by Gasteiger charge is -2.20. The van der Waals surface area contributed by atoms with E-state index in [1.807, 2.05) is 20.8 Å². The number of thiocarbonyl (C=S) groups is 1. The van der Waals surface area contributed by atoms with Crippen LogP contribution in [0.15, 0.2) is 20.5 Å². The minimum atomic E-state index is -0.328. The maximum absolute atomic E-state index is 12.3. The Balaban J connectivity index is 2.43. The summed E-state index contributed by atoms with van der Waals surface area (Å²) < 4.78 is 0.318. The van der Waals surface area contributed by atoms with Gasteiger partial charge in [-0.15, -0.1) is 0 Å². The molecule has 4 nitrogen and oxygen atoms in total. The van der Waals surface area contributed by atoms with E-state index in [1.165, 1.54) is 23.6 Å². The second kappa shape index (κ2) is 5.30. The van der Waals surface area contributed by atoms with E-state index in [2.05, 4.69) is 4.90 Å². The van der Waals surface area contributed by atoms with Crippen LogP contribution in [0.3, 0.4) is 0 Å². The van der Waals surface area contributed by atoms with E-state index in [0.29, 0.717) is 9.23 Å². The van der Waals surface area contributed by atoms with Gasteiger partial charge in [0.25, 0.3) is 5.91 Å². The number of thioether (sulfide) groups is 2. The Bertz CT molecular complexity index is 551. The van der Waals surface area contributed by atoms with Crippen LogP contribution in [-0.2, 0) is 9.59 Å². The third-order valence-electron chi connectivity index (χ3n) is 3.00. The van der Waals surface area contributed by atoms with Crippen molar-refractivity contribution in [2.24, 2.45) is 0 Å². The zero-order valence-electron chi connectivity index (χ0n) is 11.1. The predicted octanol–water partition coefficient (Wildman–Crippen LogP) is 2.88. The SMILES string of the molecule is CCN1C(C)=C(C)S/C1=C1\SC(=S)N(C(C)=O)C1=O. The van der Waals surface area contributed by atoms with Crippen molar-refractivity contribution in [1.82, 2.24) is 9.80 Å². The van der Waals surface area contributed by atoms with Gasteiger partial charge >= 0.3 is 0 Å². The van der Waals surface area contributed by atoms with E-state index in [1.54, 1.807) is 11.8 Å². The summed E-state index contributed by atoms with van der Waals surface area (Å²) in [6, 6.07) is 0. The van der Waals surface area contributed by atoms with Gasteiger partial charge in [0.05, 0.1) is 5.03 Å². The zero-order valence-corrected chi connectivity index (χ0v) is 13.6. The van der Waals surface area contributed by atoms with Gasteiger partial charge in [-0.2, -0.15) is 0 Å². The molecule has 102 valence electrons. The van der Waals surface area contributed by atoms with Crippen molar-refractivity contribution < 1.29 is 9.59 Å². The molecule has 2 rings (SSSR count). The van der Waals surface area contributed by atoms with Crippen LogP contribution in [-0.4, -0.2) is 32.5 Å². The second-order valence-electron chi connectivity index (χ2n) is 4.15. The molecule has 0 aromatic carbocycles. The minimum absolute atomic E-state index is 0.300. The number of hydrogen-bond donors (Lipinski definition) is 0. The molecular formula is C12H14N2O2S3. The van der Waals surface area contributed by atoms with Crippen LogP contribution in [0.1, 0.15) is 27.7 Å². The molecule has 0 bridgehead atoms. The lowest BCUT2D eigenvalue weighted by molar-refractivity contribution is -0.135. The molecule has 0 saturated carbocycles. The van der Waals surface area contributed by atoms with Gasteiger partial charge in [0, 0.05) is 24.1 Å². The zero-order chi connectivity index (χ0) is 14.3. The summed E-state index contributed by atoms with van der Waals surface area (Å²) in [5.74, 6) is -0.628. The average Bonchev–Trinajstić information content (AvgIpc) is 2.77. The molecule has 2 aliphatic heterocycles. The van der Waals surface area contributed by atoms with E-state index >= 15 is 0 Å². The molecule has 0 N–H and O–H groups in total. The first-order valence-electron chi connectivity index (χ1n) is 5.82. The summed E-state index contributed by atoms with van der Waals surface area (Å²) in [6.07, 6.45) is 0. The molecule has 0 unspecified atom stereocenters. The van der Waals surface area contributed by atoms with E-state index in [0.717, 1.165) is 22.2 Å². The van der Waals surface area contributed by atoms with Crippen LogP contribution in [0.2, 0.25) is 0 Å². The highest BCUT2D eigenvalue weighted by atomic mass is 32.2. The quantitative estimate of drug-likeness (QED) is 0.547. The fraction of sp³-hybridized carbons (Fsp3) is 0.417. The fourth-order valence-electron chi connectivity index (χ4n) is 1.93. The topological polar surface area (TPSA) is 40.6 Å². The van der Waals surface area contributed by atoms with Gasteiger partial charge in [0.2, 0.25) is 5.91 Å². The maximum Gasteiger partial charge on any atom is 0.275 e. The maximum atomic E-state index is 12.3. The van der Waals surface area contributed by atoms with E-state index in [9.17, 15) is 9.59 Å². The standard InChI is InChI=1S/C12H14N2O2S3/c1-5-13-6(2)7(3)18-11(13)9-10(16)14(8(4)15)12(17)19-9/h5H2,1-4H3/b11-9-. The molecule has 0 aromatic rings. The van der Waals surface area contributed by atoms with Crippen molar-refractivity contribution in [2.75, 3.05) is 6.54 Å². The number of nitrogens with zero attached hydrogens (tertiary/aromatic N) is 2. The Kier molecular flexibility index (Phi) is 4.08. The third kappa shape index (κ3) is 2.34. The lowest BCUT2D eigenvalue weighted by atomic mass is 10.3. The van der Waals surface area contributed by atoms with Crippen molar-refractivity contribution in [2.45, 2.75) is 27.7 Å². The minimum Gasteiger partial charge on any atom is -0.338 e. The monoisotopic (exact) mass is 314 g/mol. The summed E-state index contributed by atoms with van der Waals surface area (Å²) in [5, 5.41) is 0.888. The number of carbonyl (C=O) groups is 2. The van der Waals surface area contributed by atoms with Gasteiger partial charge in [-0.05, 0) is 20.8 Å². The first kappa shape index (κ1) is 14.6. The summed E-state index contributed by atoms with van der Waals surface area (Å²) in [5.41, 5.74) is 1.15. The predicted molar refractivity (Wildman–Crippen MR) is 83.1 cm³/mol. The highest BCUT2D eigenvalue weighted by Crippen LogP contribution is 2.47. The van der Waals surface area contributed by atoms with Crippen molar-refractivity contribution in [3.05, 3.63) is 20.5 Å². The summed E-state index contributed by atoms with van der Waals surface area (Å²) in [7, 11) is 0. The Hall–Kier alpha value is -0.790. The second-order valence-corrected chi connectivity index (χ2v) is 7.00. The van der Waals surface area contributed by atoms with Crippen LogP contribution in [0, 0.1) is 0 Å². The molecule has 0 radical (unpaired) electrons. The van der Waals surface area contributed by atoms with Gasteiger partial charge in [-0.1, -0.05) is 35.7 Å². The first-order valence-corrected chi connectivity index (χ1v) is 7.86. The van der Waals surface area contributed by atoms with Crippen LogP contribution in [0.25, 0.3) is 0 Å². The first-order chi connectivity index (χ1) is 8.88. The third-order valence-corrected chi connectivity index (χ3v) is 5.71. The Morgan fingerprint density at radius 2 is 1.95 bits per heavy atom. The Labute approximate surface area is 126 Å². The molecule has 0 spiro atoms. The fourth-order valence-corrected chi connectivity index (χ4v) is 4.60. The van der Waals surface area contributed by atoms with E-state index in [4.69, 9.17) is 12.2 Å². The molecule has 0 aromatic heterocycles. The van der Waals surface area contributed by atoms with E-state index in [-0.39, 0.29) is 11.8 Å². The van der Waals surface area contributed by atoms with Crippen LogP contribution in [0.5, 0.6) is 0 Å². The van der Waals surface area contributed by atoms with Gasteiger partial charge in [-0.25, -0.2) is 4.90 Å². The largest absolute Gasteiger partial charge is 0.338 e. The number of carbonyl (C=O) groups excluding carboxylic acids is 2. The number of hydrogen-bond acceptors (Lipinski definition) is 6. The van der Waals surface area contributed by atoms with Gasteiger partial charge in [0.15, 0.2) is 4.32 Å². The van der Waals surface area contributed by atoms with Gasteiger partial charge < -0.3 is 4.90 Å². The lowest BCUT2D eigenvalue weighted by Crippen LogP contribution is -2.33. The molecule has 2 amide bonds. The molecule has 1 fully saturated rings. The Morgan fingerprint density at radius 1 is 1.32 bits per heavy atom. The highest BCUT2D eigenvalue weighted by Gasteiger charge is 2.40. The van der Waals surface area contributed by atoms with Crippen molar-refractivity contribution in [1.29, 1.82) is 0 Å². The van der Waals surface area contributed by atoms with Crippen molar-refractivity contribution >= 4 is 51.9 Å². The smallest absolute Gasteiger partial charge is 0.275 e. The summed E-state index contributed by atoms with van der Waals surface area (Å²) in [4.78, 5) is 28.6. The number of amides is 2. The molecule has 19 heavy (non-hydrogen) atoms. The van der Waals surface area contributed by atoms with Crippen molar-refractivity contribution in [3.8, 4) is 0 Å². The molecule has 7 heteroatoms. The van der Waals surface area contributed by atoms with Gasteiger partial charge in [0.1, 0.15) is 4.91 Å². The summed E-state index contributed by atoms with van der Waals surface area (Å²) in [6.45, 7) is 8.24. The van der Waals surface area contributed by atoms with Gasteiger partial charge in [-0.3, -0.25) is 9.59 Å². The Morgan fingerprint density at radius 3 is 2.42 bits per heavy atom.